The fraction of sp³-hybridized carbons (Fsp3) is 0.0526. The van der Waals surface area contributed by atoms with Gasteiger partial charge in [-0.25, -0.2) is 9.97 Å². The Balaban J connectivity index is 1.75. The van der Waals surface area contributed by atoms with Crippen LogP contribution in [0.15, 0.2) is 92.0 Å². The van der Waals surface area contributed by atoms with Crippen molar-refractivity contribution in [3.05, 3.63) is 103 Å². The summed E-state index contributed by atoms with van der Waals surface area (Å²) >= 11 is 0. The van der Waals surface area contributed by atoms with Gasteiger partial charge in [0.25, 0.3) is 0 Å². The van der Waals surface area contributed by atoms with Gasteiger partial charge in [-0.3, -0.25) is 0 Å². The summed E-state index contributed by atoms with van der Waals surface area (Å²) in [6.07, 6.45) is 11.2. The van der Waals surface area contributed by atoms with E-state index in [4.69, 9.17) is 0 Å². The Morgan fingerprint density at radius 1 is 0.696 bits per heavy atom. The molecular formula is C19H16N4. The molecule has 4 rings (SSSR count). The molecule has 0 aliphatic carbocycles. The smallest absolute Gasteiger partial charge is 0.0991 e. The van der Waals surface area contributed by atoms with Crippen molar-refractivity contribution in [2.75, 3.05) is 0 Å². The minimum atomic E-state index is 0.121. The Kier molecular flexibility index (Phi) is 3.48. The van der Waals surface area contributed by atoms with Crippen molar-refractivity contribution in [3.8, 4) is 5.69 Å². The summed E-state index contributed by atoms with van der Waals surface area (Å²) in [5.41, 5.74) is 3.56. The van der Waals surface area contributed by atoms with Crippen LogP contribution in [0.2, 0.25) is 0 Å². The van der Waals surface area contributed by atoms with Gasteiger partial charge in [-0.15, -0.1) is 0 Å². The van der Waals surface area contributed by atoms with Gasteiger partial charge in [0.2, 0.25) is 0 Å². The van der Waals surface area contributed by atoms with Crippen LogP contribution in [0.3, 0.4) is 0 Å². The zero-order chi connectivity index (χ0) is 15.5. The minimum absolute atomic E-state index is 0.121. The third kappa shape index (κ3) is 2.66. The summed E-state index contributed by atoms with van der Waals surface area (Å²) in [7, 11) is 0. The van der Waals surface area contributed by atoms with Crippen molar-refractivity contribution < 1.29 is 0 Å². The van der Waals surface area contributed by atoms with Crippen LogP contribution in [0.1, 0.15) is 17.2 Å². The van der Waals surface area contributed by atoms with E-state index in [0.717, 1.165) is 5.69 Å². The first kappa shape index (κ1) is 13.5. The number of hydrogen-bond donors (Lipinski definition) is 0. The van der Waals surface area contributed by atoms with E-state index in [1.807, 2.05) is 35.6 Å². The predicted molar refractivity (Wildman–Crippen MR) is 89.5 cm³/mol. The number of benzene rings is 2. The van der Waals surface area contributed by atoms with Crippen molar-refractivity contribution in [1.82, 2.24) is 19.1 Å². The molecule has 0 aliphatic heterocycles. The molecule has 4 nitrogen and oxygen atoms in total. The molecule has 2 aromatic heterocycles. The number of aromatic nitrogens is 4. The van der Waals surface area contributed by atoms with Crippen molar-refractivity contribution in [2.24, 2.45) is 0 Å². The molecule has 1 atom stereocenters. The van der Waals surface area contributed by atoms with Gasteiger partial charge < -0.3 is 9.13 Å². The quantitative estimate of drug-likeness (QED) is 0.576. The van der Waals surface area contributed by atoms with Crippen molar-refractivity contribution >= 4 is 0 Å². The first-order valence-electron chi connectivity index (χ1n) is 7.52. The van der Waals surface area contributed by atoms with Crippen LogP contribution in [0.4, 0.5) is 0 Å². The lowest BCUT2D eigenvalue weighted by atomic mass is 9.98. The van der Waals surface area contributed by atoms with E-state index < -0.39 is 0 Å². The predicted octanol–water partition coefficient (Wildman–Crippen LogP) is 3.71. The number of rotatable bonds is 4. The van der Waals surface area contributed by atoms with Crippen LogP contribution in [0, 0.1) is 0 Å². The zero-order valence-electron chi connectivity index (χ0n) is 12.5. The van der Waals surface area contributed by atoms with Crippen LogP contribution < -0.4 is 0 Å². The minimum Gasteiger partial charge on any atom is -0.326 e. The van der Waals surface area contributed by atoms with Gasteiger partial charge in [-0.05, 0) is 23.3 Å². The first-order valence-corrected chi connectivity index (χ1v) is 7.52. The highest BCUT2D eigenvalue weighted by Crippen LogP contribution is 2.27. The van der Waals surface area contributed by atoms with E-state index in [1.165, 1.54) is 11.1 Å². The van der Waals surface area contributed by atoms with Gasteiger partial charge in [0, 0.05) is 30.5 Å². The maximum atomic E-state index is 4.20. The molecule has 1 unspecified atom stereocenters. The van der Waals surface area contributed by atoms with E-state index >= 15 is 0 Å². The monoisotopic (exact) mass is 300 g/mol. The average Bonchev–Trinajstić information content (AvgIpc) is 3.31. The summed E-state index contributed by atoms with van der Waals surface area (Å²) in [4.78, 5) is 8.30. The largest absolute Gasteiger partial charge is 0.326 e. The molecule has 2 heterocycles. The Hall–Kier alpha value is -3.14. The van der Waals surface area contributed by atoms with Crippen molar-refractivity contribution in [2.45, 2.75) is 6.04 Å². The molecule has 0 fully saturated rings. The summed E-state index contributed by atoms with van der Waals surface area (Å²) in [6, 6.07) is 19.1. The zero-order valence-corrected chi connectivity index (χ0v) is 12.5. The van der Waals surface area contributed by atoms with Crippen LogP contribution in [0.25, 0.3) is 5.69 Å². The highest BCUT2D eigenvalue weighted by atomic mass is 15.1. The van der Waals surface area contributed by atoms with Crippen LogP contribution >= 0.6 is 0 Å². The Labute approximate surface area is 134 Å². The highest BCUT2D eigenvalue weighted by molar-refractivity contribution is 5.39. The standard InChI is InChI=1S/C19H16N4/c1-2-4-16(5-3-1)19(23-13-11-21-15-23)17-6-8-18(9-7-17)22-12-10-20-14-22/h1-15,19H. The molecule has 112 valence electrons. The lowest BCUT2D eigenvalue weighted by Crippen LogP contribution is -2.10. The van der Waals surface area contributed by atoms with Gasteiger partial charge in [-0.1, -0.05) is 42.5 Å². The molecule has 0 saturated heterocycles. The average molecular weight is 300 g/mol. The van der Waals surface area contributed by atoms with Gasteiger partial charge in [-0.2, -0.15) is 0 Å². The molecule has 0 amide bonds. The van der Waals surface area contributed by atoms with E-state index in [0.29, 0.717) is 0 Å². The third-order valence-electron chi connectivity index (χ3n) is 3.95. The van der Waals surface area contributed by atoms with Crippen LogP contribution in [-0.2, 0) is 0 Å². The molecule has 23 heavy (non-hydrogen) atoms. The Morgan fingerprint density at radius 2 is 1.39 bits per heavy atom. The van der Waals surface area contributed by atoms with Gasteiger partial charge >= 0.3 is 0 Å². The Morgan fingerprint density at radius 3 is 2.04 bits per heavy atom. The summed E-state index contributed by atoms with van der Waals surface area (Å²) < 4.78 is 4.13. The molecule has 0 saturated carbocycles. The van der Waals surface area contributed by atoms with Gasteiger partial charge in [0.1, 0.15) is 0 Å². The van der Waals surface area contributed by atoms with E-state index in [9.17, 15) is 0 Å². The Bertz CT molecular complexity index is 848. The molecule has 0 bridgehead atoms. The number of imidazole rings is 2. The normalized spacial score (nSPS) is 12.2. The number of hydrogen-bond acceptors (Lipinski definition) is 2. The van der Waals surface area contributed by atoms with Crippen molar-refractivity contribution in [1.29, 1.82) is 0 Å². The summed E-state index contributed by atoms with van der Waals surface area (Å²) in [5, 5.41) is 0. The molecule has 0 spiro atoms. The fourth-order valence-corrected chi connectivity index (χ4v) is 2.83. The molecule has 0 N–H and O–H groups in total. The van der Waals surface area contributed by atoms with Crippen LogP contribution in [0.5, 0.6) is 0 Å². The highest BCUT2D eigenvalue weighted by Gasteiger charge is 2.15. The summed E-state index contributed by atoms with van der Waals surface area (Å²) in [5.74, 6) is 0. The van der Waals surface area contributed by atoms with E-state index in [-0.39, 0.29) is 6.04 Å². The molecule has 4 heteroatoms. The molecule has 0 aliphatic rings. The molecule has 2 aromatic carbocycles. The second kappa shape index (κ2) is 5.93. The van der Waals surface area contributed by atoms with Gasteiger partial charge in [0.15, 0.2) is 0 Å². The number of nitrogens with zero attached hydrogens (tertiary/aromatic N) is 4. The maximum Gasteiger partial charge on any atom is 0.0991 e. The second-order valence-electron chi connectivity index (χ2n) is 5.38. The third-order valence-corrected chi connectivity index (χ3v) is 3.95. The fourth-order valence-electron chi connectivity index (χ4n) is 2.83. The second-order valence-corrected chi connectivity index (χ2v) is 5.38. The van der Waals surface area contributed by atoms with Crippen molar-refractivity contribution in [3.63, 3.8) is 0 Å². The SMILES string of the molecule is c1ccc(C(c2ccc(-n3ccnc3)cc2)n2ccnc2)cc1. The lowest BCUT2D eigenvalue weighted by molar-refractivity contribution is 0.676. The molecule has 0 radical (unpaired) electrons. The van der Waals surface area contributed by atoms with E-state index in [1.54, 1.807) is 12.5 Å². The van der Waals surface area contributed by atoms with Gasteiger partial charge in [0.05, 0.1) is 18.7 Å². The van der Waals surface area contributed by atoms with E-state index in [2.05, 4.69) is 63.1 Å². The summed E-state index contributed by atoms with van der Waals surface area (Å²) in [6.45, 7) is 0. The first-order chi connectivity index (χ1) is 11.4. The molecule has 4 aromatic rings. The van der Waals surface area contributed by atoms with Crippen LogP contribution in [-0.4, -0.2) is 19.1 Å². The molecular weight excluding hydrogens is 284 g/mol. The topological polar surface area (TPSA) is 35.6 Å². The lowest BCUT2D eigenvalue weighted by Gasteiger charge is -2.20. The maximum absolute atomic E-state index is 4.20.